The molecular weight excluding hydrogens is 333 g/mol. The minimum absolute atomic E-state index is 0.293. The first-order chi connectivity index (χ1) is 12.8. The van der Waals surface area contributed by atoms with E-state index in [0.717, 1.165) is 11.1 Å². The maximum atomic E-state index is 13.1. The number of benzene rings is 2. The lowest BCUT2D eigenvalue weighted by atomic mass is 10.3. The minimum atomic E-state index is -0.293. The van der Waals surface area contributed by atoms with Crippen molar-refractivity contribution in [2.75, 3.05) is 5.32 Å². The molecule has 3 aromatic heterocycles. The first-order valence-corrected chi connectivity index (χ1v) is 7.95. The molecule has 0 fully saturated rings. The summed E-state index contributed by atoms with van der Waals surface area (Å²) in [5, 5.41) is 16.8. The van der Waals surface area contributed by atoms with Crippen LogP contribution in [0.2, 0.25) is 0 Å². The Balaban J connectivity index is 1.61. The Labute approximate surface area is 146 Å². The number of rotatable bonds is 3. The Bertz CT molecular complexity index is 1210. The second kappa shape index (κ2) is 5.62. The molecule has 0 unspecified atom stereocenters. The molecule has 7 nitrogen and oxygen atoms in total. The molecule has 0 aliphatic carbocycles. The number of nitrogens with zero attached hydrogens (tertiary/aromatic N) is 6. The average Bonchev–Trinajstić information content (AvgIpc) is 3.28. The summed E-state index contributed by atoms with van der Waals surface area (Å²) in [4.78, 5) is 4.52. The number of aromatic nitrogens is 6. The molecular formula is C18H12FN7. The number of para-hydroxylation sites is 1. The van der Waals surface area contributed by atoms with Crippen molar-refractivity contribution in [1.29, 1.82) is 0 Å². The summed E-state index contributed by atoms with van der Waals surface area (Å²) in [5.41, 5.74) is 2.97. The minimum Gasteiger partial charge on any atom is -0.324 e. The highest BCUT2D eigenvalue weighted by Gasteiger charge is 2.14. The van der Waals surface area contributed by atoms with Gasteiger partial charge in [-0.05, 0) is 36.4 Å². The average molecular weight is 345 g/mol. The number of hydrogen-bond donors (Lipinski definition) is 1. The molecule has 3 heterocycles. The predicted molar refractivity (Wildman–Crippen MR) is 95.1 cm³/mol. The number of fused-ring (bicyclic) bond motifs is 3. The van der Waals surface area contributed by atoms with Gasteiger partial charge in [0, 0.05) is 5.69 Å². The number of anilines is 2. The number of hydrogen-bond acceptors (Lipinski definition) is 5. The first-order valence-electron chi connectivity index (χ1n) is 7.95. The molecule has 8 heteroatoms. The van der Waals surface area contributed by atoms with Crippen LogP contribution < -0.4 is 5.32 Å². The molecule has 0 radical (unpaired) electrons. The van der Waals surface area contributed by atoms with Crippen LogP contribution in [0.25, 0.3) is 22.4 Å². The molecule has 0 saturated heterocycles. The Morgan fingerprint density at radius 2 is 1.69 bits per heavy atom. The van der Waals surface area contributed by atoms with Crippen LogP contribution in [0.15, 0.2) is 67.1 Å². The van der Waals surface area contributed by atoms with Crippen LogP contribution in [0.5, 0.6) is 0 Å². The first kappa shape index (κ1) is 14.5. The van der Waals surface area contributed by atoms with Crippen LogP contribution in [0, 0.1) is 5.82 Å². The molecule has 0 amide bonds. The van der Waals surface area contributed by atoms with Crippen LogP contribution in [0.4, 0.5) is 16.0 Å². The summed E-state index contributed by atoms with van der Waals surface area (Å²) in [5.74, 6) is 0.201. The fraction of sp³-hybridized carbons (Fsp3) is 0. The van der Waals surface area contributed by atoms with Crippen molar-refractivity contribution in [3.63, 3.8) is 0 Å². The van der Waals surface area contributed by atoms with E-state index in [-0.39, 0.29) is 5.82 Å². The van der Waals surface area contributed by atoms with Crippen molar-refractivity contribution in [3.8, 4) is 5.69 Å². The lowest BCUT2D eigenvalue weighted by Gasteiger charge is -2.05. The van der Waals surface area contributed by atoms with Crippen molar-refractivity contribution in [2.24, 2.45) is 0 Å². The zero-order chi connectivity index (χ0) is 17.5. The van der Waals surface area contributed by atoms with E-state index in [1.807, 2.05) is 30.3 Å². The van der Waals surface area contributed by atoms with E-state index in [9.17, 15) is 4.39 Å². The molecule has 2 aromatic carbocycles. The quantitative estimate of drug-likeness (QED) is 0.543. The third kappa shape index (κ3) is 2.27. The van der Waals surface area contributed by atoms with Crippen LogP contribution in [-0.4, -0.2) is 29.4 Å². The van der Waals surface area contributed by atoms with E-state index in [1.54, 1.807) is 33.7 Å². The lowest BCUT2D eigenvalue weighted by molar-refractivity contribution is 0.628. The summed E-state index contributed by atoms with van der Waals surface area (Å²) in [7, 11) is 0. The Kier molecular flexibility index (Phi) is 3.14. The summed E-state index contributed by atoms with van der Waals surface area (Å²) >= 11 is 0. The summed E-state index contributed by atoms with van der Waals surface area (Å²) in [6, 6.07) is 15.8. The monoisotopic (exact) mass is 345 g/mol. The molecule has 1 N–H and O–H groups in total. The van der Waals surface area contributed by atoms with Gasteiger partial charge >= 0.3 is 0 Å². The van der Waals surface area contributed by atoms with E-state index >= 15 is 0 Å². The Hall–Kier alpha value is -3.81. The summed E-state index contributed by atoms with van der Waals surface area (Å²) < 4.78 is 16.6. The largest absolute Gasteiger partial charge is 0.324 e. The van der Waals surface area contributed by atoms with Gasteiger partial charge in [0.2, 0.25) is 5.95 Å². The van der Waals surface area contributed by atoms with Gasteiger partial charge in [0.15, 0.2) is 11.3 Å². The molecule has 0 bridgehead atoms. The van der Waals surface area contributed by atoms with Crippen LogP contribution in [0.1, 0.15) is 0 Å². The Morgan fingerprint density at radius 1 is 0.885 bits per heavy atom. The lowest BCUT2D eigenvalue weighted by Crippen LogP contribution is -2.00. The zero-order valence-electron chi connectivity index (χ0n) is 13.4. The van der Waals surface area contributed by atoms with Gasteiger partial charge in [0.25, 0.3) is 0 Å². The third-order valence-electron chi connectivity index (χ3n) is 4.08. The molecule has 0 saturated carbocycles. The van der Waals surface area contributed by atoms with Gasteiger partial charge in [-0.1, -0.05) is 18.2 Å². The third-order valence-corrected chi connectivity index (χ3v) is 4.08. The van der Waals surface area contributed by atoms with Gasteiger partial charge in [-0.3, -0.25) is 4.40 Å². The zero-order valence-corrected chi connectivity index (χ0v) is 13.4. The normalized spacial score (nSPS) is 11.3. The van der Waals surface area contributed by atoms with Crippen molar-refractivity contribution in [1.82, 2.24) is 29.4 Å². The second-order valence-electron chi connectivity index (χ2n) is 5.72. The van der Waals surface area contributed by atoms with E-state index in [0.29, 0.717) is 22.9 Å². The van der Waals surface area contributed by atoms with Gasteiger partial charge in [-0.15, -0.1) is 10.2 Å². The van der Waals surface area contributed by atoms with Crippen molar-refractivity contribution >= 4 is 28.3 Å². The van der Waals surface area contributed by atoms with E-state index < -0.39 is 0 Å². The molecule has 0 spiro atoms. The Morgan fingerprint density at radius 3 is 2.50 bits per heavy atom. The SMILES string of the molecule is Fc1ccc(Nc2nnc3c4cnn(-c5ccccc5)c4ncn23)cc1. The molecule has 26 heavy (non-hydrogen) atoms. The summed E-state index contributed by atoms with van der Waals surface area (Å²) in [6.07, 6.45) is 3.37. The van der Waals surface area contributed by atoms with E-state index in [4.69, 9.17) is 0 Å². The second-order valence-corrected chi connectivity index (χ2v) is 5.72. The number of halogens is 1. The molecule has 5 rings (SSSR count). The fourth-order valence-corrected chi connectivity index (χ4v) is 2.83. The smallest absolute Gasteiger partial charge is 0.234 e. The van der Waals surface area contributed by atoms with E-state index in [1.165, 1.54) is 12.1 Å². The highest BCUT2D eigenvalue weighted by Crippen LogP contribution is 2.22. The molecule has 0 atom stereocenters. The van der Waals surface area contributed by atoms with Crippen molar-refractivity contribution < 1.29 is 4.39 Å². The molecule has 0 aliphatic heterocycles. The van der Waals surface area contributed by atoms with Crippen molar-refractivity contribution in [3.05, 3.63) is 72.9 Å². The van der Waals surface area contributed by atoms with Crippen LogP contribution in [-0.2, 0) is 0 Å². The maximum absolute atomic E-state index is 13.1. The maximum Gasteiger partial charge on any atom is 0.234 e. The summed E-state index contributed by atoms with van der Waals surface area (Å²) in [6.45, 7) is 0. The predicted octanol–water partition coefficient (Wildman–Crippen LogP) is 3.35. The highest BCUT2D eigenvalue weighted by atomic mass is 19.1. The molecule has 0 aliphatic rings. The van der Waals surface area contributed by atoms with Gasteiger partial charge in [-0.25, -0.2) is 14.1 Å². The van der Waals surface area contributed by atoms with Gasteiger partial charge < -0.3 is 5.32 Å². The van der Waals surface area contributed by atoms with Crippen LogP contribution in [0.3, 0.4) is 0 Å². The van der Waals surface area contributed by atoms with Gasteiger partial charge in [-0.2, -0.15) is 5.10 Å². The van der Waals surface area contributed by atoms with E-state index in [2.05, 4.69) is 25.6 Å². The topological polar surface area (TPSA) is 72.9 Å². The number of nitrogens with one attached hydrogen (secondary N) is 1. The standard InChI is InChI=1S/C18H12FN7/c19-12-6-8-13(9-7-12)22-18-24-23-17-15-10-21-26(14-4-2-1-3-5-14)16(15)20-11-25(17)18/h1-11H,(H,22,24). The van der Waals surface area contributed by atoms with Crippen molar-refractivity contribution in [2.45, 2.75) is 0 Å². The molecule has 126 valence electrons. The fourth-order valence-electron chi connectivity index (χ4n) is 2.83. The molecule has 5 aromatic rings. The highest BCUT2D eigenvalue weighted by molar-refractivity contribution is 5.90. The van der Waals surface area contributed by atoms with Crippen LogP contribution >= 0.6 is 0 Å². The van der Waals surface area contributed by atoms with Gasteiger partial charge in [0.1, 0.15) is 12.1 Å². The van der Waals surface area contributed by atoms with Gasteiger partial charge in [0.05, 0.1) is 17.3 Å².